The third kappa shape index (κ3) is 3.53. The number of anilines is 2. The van der Waals surface area contributed by atoms with Gasteiger partial charge in [0.2, 0.25) is 5.95 Å². The van der Waals surface area contributed by atoms with E-state index in [4.69, 9.17) is 15.2 Å². The number of nitrogens with one attached hydrogen (secondary N) is 1. The van der Waals surface area contributed by atoms with Crippen LogP contribution in [-0.2, 0) is 0 Å². The summed E-state index contributed by atoms with van der Waals surface area (Å²) in [5.74, 6) is -0.0878. The lowest BCUT2D eigenvalue weighted by Crippen LogP contribution is -2.49. The van der Waals surface area contributed by atoms with Crippen LogP contribution in [0, 0.1) is 5.82 Å². The fraction of sp³-hybridized carbons (Fsp3) is 0.261. The number of nitrogens with zero attached hydrogens (tertiary/aromatic N) is 4. The fourth-order valence-electron chi connectivity index (χ4n) is 4.15. The minimum Gasteiger partial charge on any atom is -0.493 e. The van der Waals surface area contributed by atoms with Gasteiger partial charge >= 0.3 is 0 Å². The maximum atomic E-state index is 15.1. The molecule has 1 fully saturated rings. The third-order valence-corrected chi connectivity index (χ3v) is 5.90. The lowest BCUT2D eigenvalue weighted by molar-refractivity contribution is 0.0741. The Kier molecular flexibility index (Phi) is 5.12. The molecule has 1 amide bonds. The highest BCUT2D eigenvalue weighted by molar-refractivity contribution is 5.98. The minimum atomic E-state index is -0.658. The van der Waals surface area contributed by atoms with Crippen molar-refractivity contribution in [2.24, 2.45) is 0 Å². The first kappa shape index (κ1) is 20.8. The van der Waals surface area contributed by atoms with Crippen molar-refractivity contribution in [3.63, 3.8) is 0 Å². The van der Waals surface area contributed by atoms with E-state index in [1.54, 1.807) is 11.0 Å². The molecular weight excluding hydrogens is 427 g/mol. The Morgan fingerprint density at radius 1 is 1.09 bits per heavy atom. The number of hydrogen-bond donors (Lipinski definition) is 2. The molecular formula is C23H23FN6O3. The van der Waals surface area contributed by atoms with Crippen molar-refractivity contribution in [3.05, 3.63) is 47.9 Å². The van der Waals surface area contributed by atoms with Crippen molar-refractivity contribution in [2.75, 3.05) is 51.0 Å². The zero-order valence-corrected chi connectivity index (χ0v) is 18.3. The number of piperazine rings is 1. The van der Waals surface area contributed by atoms with E-state index in [0.29, 0.717) is 43.2 Å². The normalized spacial score (nSPS) is 14.2. The summed E-state index contributed by atoms with van der Waals surface area (Å²) in [6, 6.07) is 11.2. The minimum absolute atomic E-state index is 0.0391. The summed E-state index contributed by atoms with van der Waals surface area (Å²) in [4.78, 5) is 28.6. The van der Waals surface area contributed by atoms with E-state index in [9.17, 15) is 4.79 Å². The number of ether oxygens (including phenoxy) is 2. The number of amides is 1. The van der Waals surface area contributed by atoms with Crippen molar-refractivity contribution in [1.82, 2.24) is 19.9 Å². The number of methoxy groups -OCH3 is 2. The number of carbonyl (C=O) groups is 1. The van der Waals surface area contributed by atoms with Gasteiger partial charge in [0.05, 0.1) is 14.2 Å². The number of rotatable bonds is 4. The number of fused-ring (bicyclic) bond motifs is 2. The van der Waals surface area contributed by atoms with Gasteiger partial charge in [0.25, 0.3) is 5.91 Å². The van der Waals surface area contributed by atoms with E-state index < -0.39 is 5.82 Å². The Hall–Kier alpha value is -4.08. The van der Waals surface area contributed by atoms with Crippen LogP contribution in [0.3, 0.4) is 0 Å². The van der Waals surface area contributed by atoms with Gasteiger partial charge in [0.1, 0.15) is 17.0 Å². The molecule has 9 nitrogen and oxygen atoms in total. The van der Waals surface area contributed by atoms with E-state index in [-0.39, 0.29) is 28.7 Å². The first-order valence-corrected chi connectivity index (χ1v) is 10.5. The molecule has 0 saturated carbocycles. The maximum absolute atomic E-state index is 15.1. The predicted octanol–water partition coefficient (Wildman–Crippen LogP) is 2.81. The number of halogens is 1. The summed E-state index contributed by atoms with van der Waals surface area (Å²) >= 11 is 0. The molecule has 0 bridgehead atoms. The second-order valence-electron chi connectivity index (χ2n) is 7.78. The van der Waals surface area contributed by atoms with Gasteiger partial charge in [-0.05, 0) is 18.2 Å². The van der Waals surface area contributed by atoms with E-state index in [0.717, 1.165) is 10.9 Å². The molecule has 2 aromatic carbocycles. The molecule has 1 saturated heterocycles. The van der Waals surface area contributed by atoms with Crippen LogP contribution in [0.15, 0.2) is 36.4 Å². The molecule has 0 radical (unpaired) electrons. The molecule has 3 heterocycles. The fourth-order valence-corrected chi connectivity index (χ4v) is 4.15. The van der Waals surface area contributed by atoms with Crippen LogP contribution in [0.5, 0.6) is 11.5 Å². The molecule has 4 aromatic rings. The Labute approximate surface area is 188 Å². The Bertz CT molecular complexity index is 1330. The molecule has 1 aliphatic heterocycles. The highest BCUT2D eigenvalue weighted by Crippen LogP contribution is 2.37. The lowest BCUT2D eigenvalue weighted by Gasteiger charge is -2.34. The summed E-state index contributed by atoms with van der Waals surface area (Å²) < 4.78 is 25.4. The summed E-state index contributed by atoms with van der Waals surface area (Å²) in [5, 5.41) is 1.34. The molecule has 5 rings (SSSR count). The summed E-state index contributed by atoms with van der Waals surface area (Å²) in [6.45, 7) is 1.94. The highest BCUT2D eigenvalue weighted by Gasteiger charge is 2.26. The zero-order chi connectivity index (χ0) is 23.1. The summed E-state index contributed by atoms with van der Waals surface area (Å²) in [6.07, 6.45) is 0. The molecule has 2 aromatic heterocycles. The Balaban J connectivity index is 1.37. The first-order chi connectivity index (χ1) is 16.0. The zero-order valence-electron chi connectivity index (χ0n) is 18.3. The molecule has 170 valence electrons. The first-order valence-electron chi connectivity index (χ1n) is 10.5. The van der Waals surface area contributed by atoms with Crippen LogP contribution in [0.2, 0.25) is 0 Å². The van der Waals surface area contributed by atoms with Gasteiger partial charge in [-0.3, -0.25) is 4.79 Å². The summed E-state index contributed by atoms with van der Waals surface area (Å²) in [7, 11) is 2.78. The van der Waals surface area contributed by atoms with Gasteiger partial charge < -0.3 is 30.0 Å². The molecule has 33 heavy (non-hydrogen) atoms. The van der Waals surface area contributed by atoms with Gasteiger partial charge in [-0.15, -0.1) is 0 Å². The highest BCUT2D eigenvalue weighted by atomic mass is 19.1. The third-order valence-electron chi connectivity index (χ3n) is 5.90. The van der Waals surface area contributed by atoms with Crippen LogP contribution in [0.25, 0.3) is 21.8 Å². The standard InChI is InChI=1S/C23H23FN6O3/c1-32-17-12-14-19(18(24)20(17)33-2)27-23(28-21(14)25)30-9-7-29(8-10-30)22(31)16-11-13-5-3-4-6-15(13)26-16/h3-6,11-12,26H,7-10H2,1-2H3,(H2,25,27,28). The number of nitrogen functional groups attached to an aromatic ring is 1. The number of aromatic amines is 1. The largest absolute Gasteiger partial charge is 0.493 e. The quantitative estimate of drug-likeness (QED) is 0.492. The van der Waals surface area contributed by atoms with Crippen LogP contribution in [0.1, 0.15) is 10.5 Å². The molecule has 0 unspecified atom stereocenters. The predicted molar refractivity (Wildman–Crippen MR) is 123 cm³/mol. The number of carbonyl (C=O) groups excluding carboxylic acids is 1. The van der Waals surface area contributed by atoms with Gasteiger partial charge in [-0.2, -0.15) is 4.98 Å². The number of hydrogen-bond acceptors (Lipinski definition) is 7. The topological polar surface area (TPSA) is 110 Å². The smallest absolute Gasteiger partial charge is 0.270 e. The monoisotopic (exact) mass is 450 g/mol. The van der Waals surface area contributed by atoms with Crippen molar-refractivity contribution in [1.29, 1.82) is 0 Å². The number of aromatic nitrogens is 3. The Morgan fingerprint density at radius 3 is 2.55 bits per heavy atom. The van der Waals surface area contributed by atoms with Crippen molar-refractivity contribution < 1.29 is 18.7 Å². The number of nitrogens with two attached hydrogens (primary N) is 1. The SMILES string of the molecule is COc1cc2c(N)nc(N3CCN(C(=O)c4cc5ccccc5[nH]4)CC3)nc2c(F)c1OC. The van der Waals surface area contributed by atoms with E-state index in [1.807, 2.05) is 35.2 Å². The maximum Gasteiger partial charge on any atom is 0.270 e. The van der Waals surface area contributed by atoms with Crippen LogP contribution < -0.4 is 20.1 Å². The molecule has 0 aliphatic carbocycles. The molecule has 10 heteroatoms. The second kappa shape index (κ2) is 8.12. The molecule has 0 spiro atoms. The number of benzene rings is 2. The number of H-pyrrole nitrogens is 1. The lowest BCUT2D eigenvalue weighted by atomic mass is 10.2. The van der Waals surface area contributed by atoms with Crippen LogP contribution >= 0.6 is 0 Å². The Morgan fingerprint density at radius 2 is 1.85 bits per heavy atom. The second-order valence-corrected chi connectivity index (χ2v) is 7.78. The molecule has 3 N–H and O–H groups in total. The van der Waals surface area contributed by atoms with E-state index in [2.05, 4.69) is 15.0 Å². The summed E-state index contributed by atoms with van der Waals surface area (Å²) in [5.41, 5.74) is 7.67. The number of para-hydroxylation sites is 1. The van der Waals surface area contributed by atoms with E-state index in [1.165, 1.54) is 14.2 Å². The average molecular weight is 450 g/mol. The van der Waals surface area contributed by atoms with Crippen molar-refractivity contribution in [3.8, 4) is 11.5 Å². The van der Waals surface area contributed by atoms with Crippen molar-refractivity contribution in [2.45, 2.75) is 0 Å². The van der Waals surface area contributed by atoms with Crippen LogP contribution in [0.4, 0.5) is 16.2 Å². The van der Waals surface area contributed by atoms with E-state index >= 15 is 4.39 Å². The van der Waals surface area contributed by atoms with Gasteiger partial charge in [-0.25, -0.2) is 9.37 Å². The molecule has 1 aliphatic rings. The van der Waals surface area contributed by atoms with Crippen molar-refractivity contribution >= 4 is 39.5 Å². The van der Waals surface area contributed by atoms with Gasteiger partial charge in [0.15, 0.2) is 17.3 Å². The van der Waals surface area contributed by atoms with Gasteiger partial charge in [-0.1, -0.05) is 18.2 Å². The van der Waals surface area contributed by atoms with Crippen LogP contribution in [-0.4, -0.2) is 66.2 Å². The van der Waals surface area contributed by atoms with Gasteiger partial charge in [0, 0.05) is 42.5 Å². The average Bonchev–Trinajstić information content (AvgIpc) is 3.28. The molecule has 0 atom stereocenters.